The van der Waals surface area contributed by atoms with Crippen LogP contribution in [-0.2, 0) is 6.42 Å². The highest BCUT2D eigenvalue weighted by Crippen LogP contribution is 2.22. The van der Waals surface area contributed by atoms with E-state index in [9.17, 15) is 0 Å². The van der Waals surface area contributed by atoms with Crippen LogP contribution in [0.3, 0.4) is 0 Å². The lowest BCUT2D eigenvalue weighted by atomic mass is 9.89. The van der Waals surface area contributed by atoms with Gasteiger partial charge in [0.25, 0.3) is 0 Å². The summed E-state index contributed by atoms with van der Waals surface area (Å²) in [6, 6.07) is 4.43. The van der Waals surface area contributed by atoms with Crippen LogP contribution in [0.4, 0.5) is 0 Å². The van der Waals surface area contributed by atoms with Crippen molar-refractivity contribution in [2.45, 2.75) is 85.0 Å². The van der Waals surface area contributed by atoms with Crippen LogP contribution >= 0.6 is 11.3 Å². The summed E-state index contributed by atoms with van der Waals surface area (Å²) in [5.74, 6) is 0. The number of unbranched alkanes of at least 4 members (excludes halogenated alkanes) is 7. The summed E-state index contributed by atoms with van der Waals surface area (Å²) in [5.41, 5.74) is 0.530. The van der Waals surface area contributed by atoms with E-state index >= 15 is 0 Å². The van der Waals surface area contributed by atoms with E-state index in [2.05, 4.69) is 38.3 Å². The van der Waals surface area contributed by atoms with Crippen molar-refractivity contribution in [2.75, 3.05) is 0 Å². The summed E-state index contributed by atoms with van der Waals surface area (Å²) in [6.45, 7) is 7.04. The van der Waals surface area contributed by atoms with E-state index < -0.39 is 0 Å². The number of rotatable bonds is 10. The van der Waals surface area contributed by atoms with Crippen LogP contribution in [0.2, 0.25) is 0 Å². The van der Waals surface area contributed by atoms with E-state index in [-0.39, 0.29) is 0 Å². The number of hydrogen-bond acceptors (Lipinski definition) is 1. The molecule has 0 aliphatic carbocycles. The Kier molecular flexibility index (Phi) is 8.45. The summed E-state index contributed by atoms with van der Waals surface area (Å²) < 4.78 is 0. The molecule has 1 rings (SSSR count). The average Bonchev–Trinajstić information content (AvgIpc) is 2.83. The van der Waals surface area contributed by atoms with E-state index in [4.69, 9.17) is 0 Å². The van der Waals surface area contributed by atoms with Crippen molar-refractivity contribution >= 4 is 11.3 Å². The standard InChI is InChI=1S/C18H32S/c1-18(2,3)15-11-9-7-5-4-6-8-10-13-17-14-12-16-19-17/h12,14,16H,4-11,13,15H2,1-3H3. The molecule has 0 nitrogen and oxygen atoms in total. The summed E-state index contributed by atoms with van der Waals surface area (Å²) >= 11 is 1.90. The summed E-state index contributed by atoms with van der Waals surface area (Å²) in [7, 11) is 0. The van der Waals surface area contributed by atoms with Gasteiger partial charge in [-0.05, 0) is 36.1 Å². The monoisotopic (exact) mass is 280 g/mol. The molecule has 1 heterocycles. The van der Waals surface area contributed by atoms with Crippen molar-refractivity contribution in [2.24, 2.45) is 5.41 Å². The molecule has 0 amide bonds. The van der Waals surface area contributed by atoms with E-state index in [1.54, 1.807) is 4.88 Å². The minimum absolute atomic E-state index is 0.530. The second-order valence-corrected chi connectivity index (χ2v) is 8.00. The lowest BCUT2D eigenvalue weighted by molar-refractivity contribution is 0.356. The molecule has 0 aliphatic heterocycles. The molecule has 0 unspecified atom stereocenters. The fourth-order valence-corrected chi connectivity index (χ4v) is 3.22. The predicted molar refractivity (Wildman–Crippen MR) is 89.0 cm³/mol. The van der Waals surface area contributed by atoms with Crippen molar-refractivity contribution < 1.29 is 0 Å². The molecule has 110 valence electrons. The molecule has 19 heavy (non-hydrogen) atoms. The zero-order valence-corrected chi connectivity index (χ0v) is 14.0. The lowest BCUT2D eigenvalue weighted by Gasteiger charge is -2.17. The molecule has 0 atom stereocenters. The Morgan fingerprint density at radius 2 is 1.42 bits per heavy atom. The molecule has 0 aromatic carbocycles. The van der Waals surface area contributed by atoms with Gasteiger partial charge < -0.3 is 0 Å². The van der Waals surface area contributed by atoms with Gasteiger partial charge in [-0.25, -0.2) is 0 Å². The van der Waals surface area contributed by atoms with E-state index in [1.165, 1.54) is 64.2 Å². The summed E-state index contributed by atoms with van der Waals surface area (Å²) in [6.07, 6.45) is 14.1. The average molecular weight is 281 g/mol. The molecule has 0 saturated carbocycles. The quantitative estimate of drug-likeness (QED) is 0.411. The van der Waals surface area contributed by atoms with Crippen molar-refractivity contribution in [3.8, 4) is 0 Å². The number of thiophene rings is 1. The highest BCUT2D eigenvalue weighted by Gasteiger charge is 2.08. The first-order chi connectivity index (χ1) is 9.08. The number of hydrogen-bond donors (Lipinski definition) is 0. The minimum atomic E-state index is 0.530. The molecule has 1 aromatic heterocycles. The van der Waals surface area contributed by atoms with Crippen LogP contribution < -0.4 is 0 Å². The predicted octanol–water partition coefficient (Wildman–Crippen LogP) is 6.85. The maximum Gasteiger partial charge on any atom is 0.00452 e. The molecular weight excluding hydrogens is 248 g/mol. The fourth-order valence-electron chi connectivity index (χ4n) is 2.47. The van der Waals surface area contributed by atoms with Crippen molar-refractivity contribution in [3.05, 3.63) is 22.4 Å². The van der Waals surface area contributed by atoms with Gasteiger partial charge in [-0.3, -0.25) is 0 Å². The Labute approximate surface area is 124 Å². The van der Waals surface area contributed by atoms with E-state index in [0.29, 0.717) is 5.41 Å². The van der Waals surface area contributed by atoms with Gasteiger partial charge in [0.1, 0.15) is 0 Å². The van der Waals surface area contributed by atoms with Crippen LogP contribution in [0.5, 0.6) is 0 Å². The van der Waals surface area contributed by atoms with E-state index in [1.807, 2.05) is 11.3 Å². The second kappa shape index (κ2) is 9.58. The van der Waals surface area contributed by atoms with Crippen LogP contribution in [0.25, 0.3) is 0 Å². The van der Waals surface area contributed by atoms with Gasteiger partial charge in [-0.2, -0.15) is 0 Å². The first-order valence-corrected chi connectivity index (χ1v) is 8.98. The molecule has 0 fully saturated rings. The SMILES string of the molecule is CC(C)(C)CCCCCCCCCCc1cccs1. The van der Waals surface area contributed by atoms with Gasteiger partial charge in [0.05, 0.1) is 0 Å². The fraction of sp³-hybridized carbons (Fsp3) is 0.778. The Bertz CT molecular complexity index is 292. The van der Waals surface area contributed by atoms with Gasteiger partial charge >= 0.3 is 0 Å². The highest BCUT2D eigenvalue weighted by molar-refractivity contribution is 7.09. The van der Waals surface area contributed by atoms with E-state index in [0.717, 1.165) is 0 Å². The van der Waals surface area contributed by atoms with Crippen LogP contribution in [-0.4, -0.2) is 0 Å². The van der Waals surface area contributed by atoms with Crippen LogP contribution in [0.15, 0.2) is 17.5 Å². The second-order valence-electron chi connectivity index (χ2n) is 6.97. The maximum atomic E-state index is 2.35. The first kappa shape index (κ1) is 16.8. The molecule has 1 aromatic rings. The maximum absolute atomic E-state index is 2.35. The smallest absolute Gasteiger partial charge is 0.00452 e. The molecule has 0 saturated heterocycles. The molecule has 0 bridgehead atoms. The van der Waals surface area contributed by atoms with Crippen LogP contribution in [0.1, 0.15) is 83.4 Å². The van der Waals surface area contributed by atoms with Gasteiger partial charge in [0.2, 0.25) is 0 Å². The van der Waals surface area contributed by atoms with Gasteiger partial charge in [-0.15, -0.1) is 11.3 Å². The van der Waals surface area contributed by atoms with Gasteiger partial charge in [-0.1, -0.05) is 71.8 Å². The third-order valence-electron chi connectivity index (χ3n) is 3.68. The highest BCUT2D eigenvalue weighted by atomic mass is 32.1. The first-order valence-electron chi connectivity index (χ1n) is 8.10. The largest absolute Gasteiger partial charge is 0.149 e. The zero-order chi connectivity index (χ0) is 14.0. The van der Waals surface area contributed by atoms with Gasteiger partial charge in [0.15, 0.2) is 0 Å². The molecular formula is C18H32S. The third-order valence-corrected chi connectivity index (χ3v) is 4.62. The molecule has 0 radical (unpaired) electrons. The molecule has 0 N–H and O–H groups in total. The minimum Gasteiger partial charge on any atom is -0.149 e. The molecule has 1 heteroatoms. The van der Waals surface area contributed by atoms with Crippen molar-refractivity contribution in [3.63, 3.8) is 0 Å². The van der Waals surface area contributed by atoms with Crippen LogP contribution in [0, 0.1) is 5.41 Å². The molecule has 0 aliphatic rings. The Balaban J connectivity index is 1.79. The van der Waals surface area contributed by atoms with Crippen molar-refractivity contribution in [1.82, 2.24) is 0 Å². The Morgan fingerprint density at radius 3 is 1.95 bits per heavy atom. The lowest BCUT2D eigenvalue weighted by Crippen LogP contribution is -2.03. The van der Waals surface area contributed by atoms with Gasteiger partial charge in [0, 0.05) is 4.88 Å². The Hall–Kier alpha value is -0.300. The summed E-state index contributed by atoms with van der Waals surface area (Å²) in [4.78, 5) is 1.56. The zero-order valence-electron chi connectivity index (χ0n) is 13.2. The normalized spacial score (nSPS) is 11.9. The summed E-state index contributed by atoms with van der Waals surface area (Å²) in [5, 5.41) is 2.19. The van der Waals surface area contributed by atoms with Crippen molar-refractivity contribution in [1.29, 1.82) is 0 Å². The topological polar surface area (TPSA) is 0 Å². The molecule has 0 spiro atoms. The third kappa shape index (κ3) is 10.2. The Morgan fingerprint density at radius 1 is 0.842 bits per heavy atom. The number of aryl methyl sites for hydroxylation is 1.